The maximum absolute atomic E-state index is 11.8. The van der Waals surface area contributed by atoms with Crippen LogP contribution in [0.5, 0.6) is 0 Å². The second-order valence-corrected chi connectivity index (χ2v) is 3.72. The first kappa shape index (κ1) is 11.0. The van der Waals surface area contributed by atoms with Gasteiger partial charge in [-0.3, -0.25) is 4.79 Å². The summed E-state index contributed by atoms with van der Waals surface area (Å²) in [7, 11) is 0. The predicted octanol–water partition coefficient (Wildman–Crippen LogP) is 3.48. The Morgan fingerprint density at radius 2 is 1.79 bits per heavy atom. The highest BCUT2D eigenvalue weighted by Crippen LogP contribution is 2.12. The molecule has 0 spiro atoms. The second-order valence-electron chi connectivity index (χ2n) is 3.72. The van der Waals surface area contributed by atoms with Gasteiger partial charge >= 0.3 is 0 Å². The van der Waals surface area contributed by atoms with E-state index in [0.29, 0.717) is 0 Å². The highest BCUT2D eigenvalue weighted by atomic mass is 16.1. The topological polar surface area (TPSA) is 17.1 Å². The van der Waals surface area contributed by atoms with Gasteiger partial charge in [0.05, 0.1) is 0 Å². The van der Waals surface area contributed by atoms with Crippen LogP contribution in [-0.2, 0) is 6.42 Å². The molecule has 0 saturated heterocycles. The molecule has 0 saturated carbocycles. The van der Waals surface area contributed by atoms with Gasteiger partial charge in [-0.25, -0.2) is 0 Å². The Balaban J connectivity index is 2.81. The van der Waals surface area contributed by atoms with Gasteiger partial charge in [-0.1, -0.05) is 45.0 Å². The van der Waals surface area contributed by atoms with E-state index in [2.05, 4.69) is 6.92 Å². The van der Waals surface area contributed by atoms with Crippen molar-refractivity contribution in [2.45, 2.75) is 33.6 Å². The first-order chi connectivity index (χ1) is 6.69. The van der Waals surface area contributed by atoms with Crippen LogP contribution in [0.15, 0.2) is 24.3 Å². The van der Waals surface area contributed by atoms with Crippen molar-refractivity contribution in [2.75, 3.05) is 0 Å². The predicted molar refractivity (Wildman–Crippen MR) is 59.6 cm³/mol. The van der Waals surface area contributed by atoms with Crippen LogP contribution < -0.4 is 0 Å². The molecule has 0 N–H and O–H groups in total. The van der Waals surface area contributed by atoms with Crippen LogP contribution in [0, 0.1) is 5.92 Å². The average Bonchev–Trinajstić information content (AvgIpc) is 2.27. The van der Waals surface area contributed by atoms with Crippen LogP contribution in [0.3, 0.4) is 0 Å². The van der Waals surface area contributed by atoms with E-state index in [4.69, 9.17) is 0 Å². The molecule has 0 bridgehead atoms. The van der Waals surface area contributed by atoms with E-state index in [1.807, 2.05) is 38.1 Å². The lowest BCUT2D eigenvalue weighted by Crippen LogP contribution is -2.09. The summed E-state index contributed by atoms with van der Waals surface area (Å²) in [5, 5.41) is 0. The average molecular weight is 190 g/mol. The fourth-order valence-electron chi connectivity index (χ4n) is 1.37. The highest BCUT2D eigenvalue weighted by molar-refractivity contribution is 5.97. The third kappa shape index (κ3) is 2.44. The van der Waals surface area contributed by atoms with Crippen molar-refractivity contribution in [1.82, 2.24) is 0 Å². The molecule has 0 amide bonds. The lowest BCUT2D eigenvalue weighted by Gasteiger charge is -2.07. The Morgan fingerprint density at radius 1 is 1.21 bits per heavy atom. The van der Waals surface area contributed by atoms with Gasteiger partial charge in [-0.15, -0.1) is 0 Å². The van der Waals surface area contributed by atoms with E-state index < -0.39 is 0 Å². The SMILES string of the molecule is CCc1ccc(C(=O)C(C)CC)cc1. The van der Waals surface area contributed by atoms with E-state index in [1.54, 1.807) is 0 Å². The van der Waals surface area contributed by atoms with E-state index in [-0.39, 0.29) is 11.7 Å². The number of rotatable bonds is 4. The number of hydrogen-bond donors (Lipinski definition) is 0. The van der Waals surface area contributed by atoms with Gasteiger partial charge in [0.15, 0.2) is 5.78 Å². The molecule has 1 atom stereocenters. The minimum Gasteiger partial charge on any atom is -0.294 e. The van der Waals surface area contributed by atoms with Gasteiger partial charge in [-0.2, -0.15) is 0 Å². The third-order valence-electron chi connectivity index (χ3n) is 2.71. The van der Waals surface area contributed by atoms with Crippen LogP contribution in [-0.4, -0.2) is 5.78 Å². The summed E-state index contributed by atoms with van der Waals surface area (Å²) in [4.78, 5) is 11.8. The second kappa shape index (κ2) is 4.94. The molecule has 1 heteroatoms. The summed E-state index contributed by atoms with van der Waals surface area (Å²) in [5.41, 5.74) is 2.13. The molecule has 0 aliphatic rings. The van der Waals surface area contributed by atoms with Crippen molar-refractivity contribution in [3.63, 3.8) is 0 Å². The van der Waals surface area contributed by atoms with Gasteiger partial charge in [0.2, 0.25) is 0 Å². The van der Waals surface area contributed by atoms with E-state index in [1.165, 1.54) is 5.56 Å². The molecular weight excluding hydrogens is 172 g/mol. The molecule has 1 aromatic rings. The molecule has 0 aliphatic carbocycles. The number of benzene rings is 1. The maximum atomic E-state index is 11.8. The molecule has 76 valence electrons. The minimum atomic E-state index is 0.141. The van der Waals surface area contributed by atoms with Crippen molar-refractivity contribution in [1.29, 1.82) is 0 Å². The molecular formula is C13H18O. The van der Waals surface area contributed by atoms with Crippen LogP contribution in [0.2, 0.25) is 0 Å². The Morgan fingerprint density at radius 3 is 2.21 bits per heavy atom. The Hall–Kier alpha value is -1.11. The molecule has 1 unspecified atom stereocenters. The van der Waals surface area contributed by atoms with E-state index >= 15 is 0 Å². The van der Waals surface area contributed by atoms with Crippen molar-refractivity contribution in [3.8, 4) is 0 Å². The van der Waals surface area contributed by atoms with Crippen molar-refractivity contribution < 1.29 is 4.79 Å². The van der Waals surface area contributed by atoms with Crippen molar-refractivity contribution in [3.05, 3.63) is 35.4 Å². The number of carbonyl (C=O) groups excluding carboxylic acids is 1. The number of hydrogen-bond acceptors (Lipinski definition) is 1. The Kier molecular flexibility index (Phi) is 3.87. The van der Waals surface area contributed by atoms with E-state index in [0.717, 1.165) is 18.4 Å². The summed E-state index contributed by atoms with van der Waals surface area (Å²) in [6.07, 6.45) is 1.94. The van der Waals surface area contributed by atoms with Gasteiger partial charge in [0.25, 0.3) is 0 Å². The zero-order valence-corrected chi connectivity index (χ0v) is 9.21. The molecule has 0 aromatic heterocycles. The largest absolute Gasteiger partial charge is 0.294 e. The van der Waals surface area contributed by atoms with Crippen LogP contribution in [0.25, 0.3) is 0 Å². The molecule has 0 radical (unpaired) electrons. The number of Topliss-reactive ketones (excluding diaryl/α,β-unsaturated/α-hetero) is 1. The first-order valence-electron chi connectivity index (χ1n) is 5.32. The monoisotopic (exact) mass is 190 g/mol. The lowest BCUT2D eigenvalue weighted by molar-refractivity contribution is 0.0927. The van der Waals surface area contributed by atoms with Gasteiger partial charge in [-0.05, 0) is 18.4 Å². The van der Waals surface area contributed by atoms with E-state index in [9.17, 15) is 4.79 Å². The summed E-state index contributed by atoms with van der Waals surface area (Å²) in [6.45, 7) is 6.14. The fraction of sp³-hybridized carbons (Fsp3) is 0.462. The maximum Gasteiger partial charge on any atom is 0.165 e. The van der Waals surface area contributed by atoms with Gasteiger partial charge in [0, 0.05) is 11.5 Å². The Labute approximate surface area is 86.1 Å². The van der Waals surface area contributed by atoms with Crippen molar-refractivity contribution >= 4 is 5.78 Å². The van der Waals surface area contributed by atoms with Gasteiger partial charge < -0.3 is 0 Å². The van der Waals surface area contributed by atoms with Gasteiger partial charge in [0.1, 0.15) is 0 Å². The van der Waals surface area contributed by atoms with Crippen LogP contribution >= 0.6 is 0 Å². The molecule has 0 fully saturated rings. The number of carbonyl (C=O) groups is 1. The number of aryl methyl sites for hydroxylation is 1. The molecule has 0 heterocycles. The lowest BCUT2D eigenvalue weighted by atomic mass is 9.96. The highest BCUT2D eigenvalue weighted by Gasteiger charge is 2.12. The molecule has 14 heavy (non-hydrogen) atoms. The van der Waals surface area contributed by atoms with Crippen LogP contribution in [0.4, 0.5) is 0 Å². The summed E-state index contributed by atoms with van der Waals surface area (Å²) in [5.74, 6) is 0.401. The molecule has 1 rings (SSSR count). The zero-order valence-electron chi connectivity index (χ0n) is 9.21. The standard InChI is InChI=1S/C13H18O/c1-4-10(3)13(14)12-8-6-11(5-2)7-9-12/h6-10H,4-5H2,1-3H3. The third-order valence-corrected chi connectivity index (χ3v) is 2.71. The zero-order chi connectivity index (χ0) is 10.6. The molecule has 1 nitrogen and oxygen atoms in total. The Bertz CT molecular complexity index is 298. The first-order valence-corrected chi connectivity index (χ1v) is 5.32. The fourth-order valence-corrected chi connectivity index (χ4v) is 1.37. The summed E-state index contributed by atoms with van der Waals surface area (Å²) in [6, 6.07) is 7.95. The quantitative estimate of drug-likeness (QED) is 0.664. The molecule has 1 aromatic carbocycles. The summed E-state index contributed by atoms with van der Waals surface area (Å²) < 4.78 is 0. The smallest absolute Gasteiger partial charge is 0.165 e. The normalized spacial score (nSPS) is 12.5. The number of ketones is 1. The van der Waals surface area contributed by atoms with Crippen LogP contribution in [0.1, 0.15) is 43.1 Å². The summed E-state index contributed by atoms with van der Waals surface area (Å²) >= 11 is 0. The minimum absolute atomic E-state index is 0.141. The molecule has 0 aliphatic heterocycles. The van der Waals surface area contributed by atoms with Crippen molar-refractivity contribution in [2.24, 2.45) is 5.92 Å².